The maximum Gasteiger partial charge on any atom is 0.472 e. The second kappa shape index (κ2) is 27.7. The van der Waals surface area contributed by atoms with Crippen molar-refractivity contribution in [3.05, 3.63) is 48.6 Å². The Kier molecular flexibility index (Phi) is 26.4. The molecule has 0 aromatic heterocycles. The van der Waals surface area contributed by atoms with Crippen molar-refractivity contribution in [2.45, 2.75) is 110 Å². The van der Waals surface area contributed by atoms with Gasteiger partial charge in [0.05, 0.1) is 26.4 Å². The van der Waals surface area contributed by atoms with Crippen LogP contribution in [0.3, 0.4) is 0 Å². The van der Waals surface area contributed by atoms with Crippen molar-refractivity contribution in [2.75, 3.05) is 26.4 Å². The van der Waals surface area contributed by atoms with Crippen molar-refractivity contribution in [1.82, 2.24) is 0 Å². The van der Waals surface area contributed by atoms with Gasteiger partial charge in [-0.2, -0.15) is 0 Å². The smallest absolute Gasteiger partial charge is 0.457 e. The molecule has 0 saturated heterocycles. The molecule has 0 spiro atoms. The van der Waals surface area contributed by atoms with E-state index in [0.717, 1.165) is 57.8 Å². The van der Waals surface area contributed by atoms with Crippen LogP contribution >= 0.6 is 7.82 Å². The van der Waals surface area contributed by atoms with Crippen molar-refractivity contribution < 1.29 is 47.8 Å². The Hall–Kier alpha value is -2.07. The van der Waals surface area contributed by atoms with Crippen LogP contribution in [-0.4, -0.2) is 65.7 Å². The van der Waals surface area contributed by atoms with Crippen LogP contribution in [0.2, 0.25) is 0 Å². The van der Waals surface area contributed by atoms with E-state index in [2.05, 4.69) is 44.2 Å². The molecule has 3 N–H and O–H groups in total. The number of phosphoric ester groups is 1. The van der Waals surface area contributed by atoms with Crippen LogP contribution in [0.4, 0.5) is 0 Å². The molecule has 0 rings (SSSR count). The van der Waals surface area contributed by atoms with Gasteiger partial charge < -0.3 is 24.6 Å². The van der Waals surface area contributed by atoms with Crippen LogP contribution in [0, 0.1) is 0 Å². The summed E-state index contributed by atoms with van der Waals surface area (Å²) in [5, 5.41) is 18.9. The van der Waals surface area contributed by atoms with Gasteiger partial charge in [0.25, 0.3) is 0 Å². The number of aliphatic hydroxyl groups is 2. The van der Waals surface area contributed by atoms with Crippen LogP contribution in [0.5, 0.6) is 0 Å². The Balaban J connectivity index is 4.21. The third-order valence-electron chi connectivity index (χ3n) is 5.82. The van der Waals surface area contributed by atoms with E-state index in [-0.39, 0.29) is 12.8 Å². The molecule has 11 heteroatoms. The molecule has 0 bridgehead atoms. The van der Waals surface area contributed by atoms with Gasteiger partial charge in [0.15, 0.2) is 0 Å². The molecular weight excluding hydrogens is 563 g/mol. The number of rotatable bonds is 27. The third-order valence-corrected chi connectivity index (χ3v) is 6.77. The van der Waals surface area contributed by atoms with Gasteiger partial charge in [-0.15, -0.1) is 0 Å². The highest BCUT2D eigenvalue weighted by atomic mass is 31.2. The minimum Gasteiger partial charge on any atom is -0.457 e. The van der Waals surface area contributed by atoms with Gasteiger partial charge in [-0.3, -0.25) is 18.6 Å². The lowest BCUT2D eigenvalue weighted by molar-refractivity contribution is -0.153. The molecule has 0 aliphatic heterocycles. The zero-order chi connectivity index (χ0) is 31.3. The lowest BCUT2D eigenvalue weighted by atomic mass is 10.1. The Labute approximate surface area is 252 Å². The standard InChI is InChI=1S/C31H53O10P/c1-3-5-7-9-11-12-13-14-15-16-17-19-21-23-31(35)41-29(25-33)27-39-42(36,37)38-26-28(24-32)40-30(34)22-20-18-10-8-6-4-2/h5,7,11-12,14-15,17,19,28-29,32-33H,3-4,6,8-10,13,16,18,20-27H2,1-2H3,(H,36,37)/b7-5-,12-11-,15-14-,19-17-. The zero-order valence-electron chi connectivity index (χ0n) is 25.4. The fourth-order valence-corrected chi connectivity index (χ4v) is 4.26. The summed E-state index contributed by atoms with van der Waals surface area (Å²) in [6, 6.07) is 0. The van der Waals surface area contributed by atoms with Gasteiger partial charge in [-0.1, -0.05) is 94.6 Å². The van der Waals surface area contributed by atoms with E-state index < -0.39 is 58.4 Å². The fraction of sp³-hybridized carbons (Fsp3) is 0.677. The van der Waals surface area contributed by atoms with Gasteiger partial charge >= 0.3 is 19.8 Å². The Morgan fingerprint density at radius 3 is 1.62 bits per heavy atom. The number of allylic oxidation sites excluding steroid dienone is 8. The predicted octanol–water partition coefficient (Wildman–Crippen LogP) is 6.26. The number of unbranched alkanes of at least 4 members (excludes halogenated alkanes) is 5. The Bertz CT molecular complexity index is 853. The predicted molar refractivity (Wildman–Crippen MR) is 164 cm³/mol. The molecule has 0 amide bonds. The van der Waals surface area contributed by atoms with Gasteiger partial charge in [-0.25, -0.2) is 4.57 Å². The summed E-state index contributed by atoms with van der Waals surface area (Å²) in [6.45, 7) is 1.87. The normalized spacial score (nSPS) is 15.1. The number of carbonyl (C=O) groups excluding carboxylic acids is 2. The summed E-state index contributed by atoms with van der Waals surface area (Å²) in [5.74, 6) is -1.12. The first-order valence-corrected chi connectivity index (χ1v) is 16.6. The zero-order valence-corrected chi connectivity index (χ0v) is 26.3. The van der Waals surface area contributed by atoms with E-state index in [0.29, 0.717) is 12.8 Å². The number of aliphatic hydroxyl groups excluding tert-OH is 2. The average Bonchev–Trinajstić information content (AvgIpc) is 2.97. The number of ether oxygens (including phenoxy) is 2. The van der Waals surface area contributed by atoms with Crippen molar-refractivity contribution in [3.8, 4) is 0 Å². The monoisotopic (exact) mass is 616 g/mol. The number of esters is 2. The van der Waals surface area contributed by atoms with E-state index in [1.54, 1.807) is 0 Å². The third kappa shape index (κ3) is 25.6. The van der Waals surface area contributed by atoms with Gasteiger partial charge in [0.2, 0.25) is 0 Å². The van der Waals surface area contributed by atoms with Gasteiger partial charge in [0, 0.05) is 12.8 Å². The molecule has 0 aliphatic carbocycles. The summed E-state index contributed by atoms with van der Waals surface area (Å²) in [6.07, 6.45) is 24.4. The molecule has 3 atom stereocenters. The first-order chi connectivity index (χ1) is 20.3. The van der Waals surface area contributed by atoms with E-state index in [1.807, 2.05) is 18.2 Å². The first-order valence-electron chi connectivity index (χ1n) is 15.1. The molecule has 0 saturated carbocycles. The number of carbonyl (C=O) groups is 2. The largest absolute Gasteiger partial charge is 0.472 e. The lowest BCUT2D eigenvalue weighted by Crippen LogP contribution is -2.28. The first kappa shape index (κ1) is 39.9. The molecular formula is C31H53O10P. The van der Waals surface area contributed by atoms with E-state index in [4.69, 9.17) is 18.5 Å². The molecule has 42 heavy (non-hydrogen) atoms. The minimum atomic E-state index is -4.63. The van der Waals surface area contributed by atoms with Crippen LogP contribution in [0.15, 0.2) is 48.6 Å². The Morgan fingerprint density at radius 2 is 1.12 bits per heavy atom. The SMILES string of the molecule is CC/C=C\C/C=C\C/C=C\C/C=C\CCC(=O)OC(CO)COP(=O)(O)OCC(CO)OC(=O)CCCCCCCC. The van der Waals surface area contributed by atoms with Crippen molar-refractivity contribution in [1.29, 1.82) is 0 Å². The second-order valence-electron chi connectivity index (χ2n) is 9.71. The fourth-order valence-electron chi connectivity index (χ4n) is 3.48. The van der Waals surface area contributed by atoms with Crippen LogP contribution < -0.4 is 0 Å². The summed E-state index contributed by atoms with van der Waals surface area (Å²) in [4.78, 5) is 33.9. The summed E-state index contributed by atoms with van der Waals surface area (Å²) < 4.78 is 32.0. The van der Waals surface area contributed by atoms with Crippen molar-refractivity contribution in [3.63, 3.8) is 0 Å². The molecule has 0 radical (unpaired) electrons. The van der Waals surface area contributed by atoms with Crippen LogP contribution in [-0.2, 0) is 32.7 Å². The maximum absolute atomic E-state index is 12.2. The number of hydrogen-bond acceptors (Lipinski definition) is 9. The second-order valence-corrected chi connectivity index (χ2v) is 11.2. The topological polar surface area (TPSA) is 149 Å². The lowest BCUT2D eigenvalue weighted by Gasteiger charge is -2.20. The molecule has 0 fully saturated rings. The summed E-state index contributed by atoms with van der Waals surface area (Å²) in [5.41, 5.74) is 0. The minimum absolute atomic E-state index is 0.0697. The Morgan fingerprint density at radius 1 is 0.667 bits per heavy atom. The van der Waals surface area contributed by atoms with Crippen molar-refractivity contribution >= 4 is 19.8 Å². The molecule has 0 aromatic rings. The van der Waals surface area contributed by atoms with E-state index in [1.165, 1.54) is 0 Å². The van der Waals surface area contributed by atoms with Crippen LogP contribution in [0.1, 0.15) is 97.3 Å². The molecule has 10 nitrogen and oxygen atoms in total. The molecule has 0 aliphatic rings. The molecule has 242 valence electrons. The van der Waals surface area contributed by atoms with E-state index >= 15 is 0 Å². The highest BCUT2D eigenvalue weighted by molar-refractivity contribution is 7.47. The molecule has 0 heterocycles. The quantitative estimate of drug-likeness (QED) is 0.0418. The number of hydrogen-bond donors (Lipinski definition) is 3. The van der Waals surface area contributed by atoms with Gasteiger partial charge in [0.1, 0.15) is 12.2 Å². The average molecular weight is 617 g/mol. The van der Waals surface area contributed by atoms with Gasteiger partial charge in [-0.05, 0) is 38.5 Å². The maximum atomic E-state index is 12.2. The van der Waals surface area contributed by atoms with Crippen LogP contribution in [0.25, 0.3) is 0 Å². The summed E-state index contributed by atoms with van der Waals surface area (Å²) >= 11 is 0. The summed E-state index contributed by atoms with van der Waals surface area (Å²) in [7, 11) is -4.63. The number of phosphoric acid groups is 1. The highest BCUT2D eigenvalue weighted by Crippen LogP contribution is 2.43. The van der Waals surface area contributed by atoms with E-state index in [9.17, 15) is 29.3 Å². The molecule has 0 aromatic carbocycles. The highest BCUT2D eigenvalue weighted by Gasteiger charge is 2.27. The molecule has 3 unspecified atom stereocenters. The van der Waals surface area contributed by atoms with Crippen molar-refractivity contribution in [2.24, 2.45) is 0 Å².